The standard InChI is InChI=1S/C25H19N3O4/c29-25(15-8-18-6-13-23(14-7-18)28(30)31)26-17-22-16-24(32-27-22)21-11-9-20(10-12-21)19-4-2-1-3-5-19/h1-16H,17H2,(H,26,29)/b15-8-. The first kappa shape index (κ1) is 20.7. The molecule has 0 saturated heterocycles. The Morgan fingerprint density at radius 1 is 0.938 bits per heavy atom. The van der Waals surface area contributed by atoms with Gasteiger partial charge in [-0.05, 0) is 34.9 Å². The minimum atomic E-state index is -0.468. The van der Waals surface area contributed by atoms with E-state index in [4.69, 9.17) is 4.52 Å². The molecule has 1 aromatic heterocycles. The number of nitro benzene ring substituents is 1. The topological polar surface area (TPSA) is 98.3 Å². The van der Waals surface area contributed by atoms with Crippen LogP contribution in [0.1, 0.15) is 11.3 Å². The van der Waals surface area contributed by atoms with E-state index in [2.05, 4.69) is 22.6 Å². The predicted octanol–water partition coefficient (Wildman–Crippen LogP) is 5.25. The highest BCUT2D eigenvalue weighted by atomic mass is 16.6. The number of nitrogens with one attached hydrogen (secondary N) is 1. The molecule has 1 amide bonds. The van der Waals surface area contributed by atoms with Gasteiger partial charge in [0.2, 0.25) is 5.91 Å². The van der Waals surface area contributed by atoms with Crippen LogP contribution in [0.4, 0.5) is 5.69 Å². The minimum Gasteiger partial charge on any atom is -0.356 e. The van der Waals surface area contributed by atoms with E-state index < -0.39 is 4.92 Å². The zero-order valence-electron chi connectivity index (χ0n) is 17.0. The van der Waals surface area contributed by atoms with Crippen molar-refractivity contribution in [2.24, 2.45) is 0 Å². The Kier molecular flexibility index (Phi) is 6.17. The van der Waals surface area contributed by atoms with Crippen LogP contribution in [0.3, 0.4) is 0 Å². The molecule has 0 aliphatic carbocycles. The van der Waals surface area contributed by atoms with E-state index in [0.717, 1.165) is 16.7 Å². The van der Waals surface area contributed by atoms with E-state index in [-0.39, 0.29) is 18.1 Å². The molecule has 4 aromatic rings. The van der Waals surface area contributed by atoms with Crippen molar-refractivity contribution in [3.05, 3.63) is 112 Å². The molecule has 7 nitrogen and oxygen atoms in total. The number of rotatable bonds is 7. The third-order valence-corrected chi connectivity index (χ3v) is 4.81. The van der Waals surface area contributed by atoms with Crippen molar-refractivity contribution in [2.75, 3.05) is 0 Å². The number of amides is 1. The van der Waals surface area contributed by atoms with Gasteiger partial charge in [-0.1, -0.05) is 59.8 Å². The van der Waals surface area contributed by atoms with Gasteiger partial charge in [0.25, 0.3) is 5.69 Å². The lowest BCUT2D eigenvalue weighted by Crippen LogP contribution is -2.20. The van der Waals surface area contributed by atoms with Crippen LogP contribution in [0.25, 0.3) is 28.5 Å². The van der Waals surface area contributed by atoms with Crippen molar-refractivity contribution in [2.45, 2.75) is 6.54 Å². The highest BCUT2D eigenvalue weighted by Crippen LogP contribution is 2.25. The molecule has 32 heavy (non-hydrogen) atoms. The fourth-order valence-electron chi connectivity index (χ4n) is 3.10. The Morgan fingerprint density at radius 3 is 2.28 bits per heavy atom. The summed E-state index contributed by atoms with van der Waals surface area (Å²) >= 11 is 0. The fraction of sp³-hybridized carbons (Fsp3) is 0.0400. The van der Waals surface area contributed by atoms with E-state index in [1.165, 1.54) is 18.2 Å². The smallest absolute Gasteiger partial charge is 0.269 e. The summed E-state index contributed by atoms with van der Waals surface area (Å²) in [6.07, 6.45) is 2.95. The molecule has 0 radical (unpaired) electrons. The van der Waals surface area contributed by atoms with Gasteiger partial charge in [0.1, 0.15) is 5.69 Å². The largest absolute Gasteiger partial charge is 0.356 e. The van der Waals surface area contributed by atoms with Crippen LogP contribution in [0, 0.1) is 10.1 Å². The first-order chi connectivity index (χ1) is 15.6. The molecule has 0 aliphatic rings. The lowest BCUT2D eigenvalue weighted by atomic mass is 10.0. The van der Waals surface area contributed by atoms with Crippen molar-refractivity contribution in [3.8, 4) is 22.5 Å². The summed E-state index contributed by atoms with van der Waals surface area (Å²) in [7, 11) is 0. The summed E-state index contributed by atoms with van der Waals surface area (Å²) in [6.45, 7) is 0.217. The molecule has 4 rings (SSSR count). The molecule has 0 aliphatic heterocycles. The molecule has 0 saturated carbocycles. The van der Waals surface area contributed by atoms with Gasteiger partial charge < -0.3 is 9.84 Å². The Hall–Kier alpha value is -4.52. The van der Waals surface area contributed by atoms with Crippen molar-refractivity contribution in [1.29, 1.82) is 0 Å². The normalized spacial score (nSPS) is 10.9. The first-order valence-corrected chi connectivity index (χ1v) is 9.90. The second-order valence-electron chi connectivity index (χ2n) is 7.03. The van der Waals surface area contributed by atoms with Crippen LogP contribution >= 0.6 is 0 Å². The van der Waals surface area contributed by atoms with E-state index >= 15 is 0 Å². The Balaban J connectivity index is 1.33. The molecule has 3 aromatic carbocycles. The maximum Gasteiger partial charge on any atom is 0.269 e. The zero-order valence-corrected chi connectivity index (χ0v) is 17.0. The van der Waals surface area contributed by atoms with Crippen molar-refractivity contribution < 1.29 is 14.2 Å². The van der Waals surface area contributed by atoms with Gasteiger partial charge in [-0.2, -0.15) is 0 Å². The molecule has 1 heterocycles. The Bertz CT molecular complexity index is 1240. The van der Waals surface area contributed by atoms with Gasteiger partial charge in [-0.3, -0.25) is 14.9 Å². The van der Waals surface area contributed by atoms with Gasteiger partial charge in [0.05, 0.1) is 11.5 Å². The molecule has 0 spiro atoms. The van der Waals surface area contributed by atoms with Crippen molar-refractivity contribution in [1.82, 2.24) is 10.5 Å². The Morgan fingerprint density at radius 2 is 1.59 bits per heavy atom. The second-order valence-corrected chi connectivity index (χ2v) is 7.03. The monoisotopic (exact) mass is 425 g/mol. The number of hydrogen-bond acceptors (Lipinski definition) is 5. The van der Waals surface area contributed by atoms with Gasteiger partial charge in [-0.25, -0.2) is 0 Å². The van der Waals surface area contributed by atoms with Crippen LogP contribution in [-0.4, -0.2) is 16.0 Å². The van der Waals surface area contributed by atoms with Crippen LogP contribution in [0.2, 0.25) is 0 Å². The van der Waals surface area contributed by atoms with Gasteiger partial charge in [0.15, 0.2) is 5.76 Å². The third-order valence-electron chi connectivity index (χ3n) is 4.81. The number of non-ortho nitro benzene ring substituents is 1. The fourth-order valence-corrected chi connectivity index (χ4v) is 3.10. The lowest BCUT2D eigenvalue weighted by molar-refractivity contribution is -0.384. The Labute approximate surface area is 184 Å². The van der Waals surface area contributed by atoms with Crippen LogP contribution in [0.15, 0.2) is 95.5 Å². The number of hydrogen-bond donors (Lipinski definition) is 1. The number of carbonyl (C=O) groups excluding carboxylic acids is 1. The van der Waals surface area contributed by atoms with Crippen LogP contribution < -0.4 is 5.32 Å². The number of aromatic nitrogens is 1. The van der Waals surface area contributed by atoms with E-state index in [9.17, 15) is 14.9 Å². The summed E-state index contributed by atoms with van der Waals surface area (Å²) < 4.78 is 5.41. The minimum absolute atomic E-state index is 0.00291. The quantitative estimate of drug-likeness (QED) is 0.248. The summed E-state index contributed by atoms with van der Waals surface area (Å²) in [4.78, 5) is 22.3. The summed E-state index contributed by atoms with van der Waals surface area (Å²) in [5, 5.41) is 17.4. The predicted molar refractivity (Wildman–Crippen MR) is 121 cm³/mol. The third kappa shape index (κ3) is 5.14. The molecule has 7 heteroatoms. The van der Waals surface area contributed by atoms with E-state index in [1.807, 2.05) is 42.5 Å². The number of nitro groups is 1. The van der Waals surface area contributed by atoms with Crippen molar-refractivity contribution >= 4 is 17.7 Å². The molecule has 1 N–H and O–H groups in total. The van der Waals surface area contributed by atoms with Gasteiger partial charge in [-0.15, -0.1) is 0 Å². The molecule has 0 atom stereocenters. The zero-order chi connectivity index (χ0) is 22.3. The SMILES string of the molecule is O=C(/C=C\c1ccc([N+](=O)[O-])cc1)NCc1cc(-c2ccc(-c3ccccc3)cc2)on1. The highest BCUT2D eigenvalue weighted by Gasteiger charge is 2.08. The number of carbonyl (C=O) groups is 1. The van der Waals surface area contributed by atoms with Crippen LogP contribution in [-0.2, 0) is 11.3 Å². The average Bonchev–Trinajstić information content (AvgIpc) is 3.31. The number of benzene rings is 3. The van der Waals surface area contributed by atoms with Crippen LogP contribution in [0.5, 0.6) is 0 Å². The molecular formula is C25H19N3O4. The summed E-state index contributed by atoms with van der Waals surface area (Å²) in [5.41, 5.74) is 4.44. The van der Waals surface area contributed by atoms with Crippen molar-refractivity contribution in [3.63, 3.8) is 0 Å². The first-order valence-electron chi connectivity index (χ1n) is 9.90. The molecule has 158 valence electrons. The summed E-state index contributed by atoms with van der Waals surface area (Å²) in [6, 6.07) is 25.8. The molecule has 0 unspecified atom stereocenters. The summed E-state index contributed by atoms with van der Waals surface area (Å²) in [5.74, 6) is 0.315. The molecule has 0 fully saturated rings. The maximum atomic E-state index is 12.0. The highest BCUT2D eigenvalue weighted by molar-refractivity contribution is 5.91. The van der Waals surface area contributed by atoms with E-state index in [1.54, 1.807) is 24.3 Å². The lowest BCUT2D eigenvalue weighted by Gasteiger charge is -2.02. The molecular weight excluding hydrogens is 406 g/mol. The van der Waals surface area contributed by atoms with E-state index in [0.29, 0.717) is 17.0 Å². The second kappa shape index (κ2) is 9.53. The number of nitrogens with zero attached hydrogens (tertiary/aromatic N) is 2. The molecule has 0 bridgehead atoms. The average molecular weight is 425 g/mol. The van der Waals surface area contributed by atoms with Gasteiger partial charge >= 0.3 is 0 Å². The maximum absolute atomic E-state index is 12.0. The van der Waals surface area contributed by atoms with Gasteiger partial charge in [0, 0.05) is 29.8 Å².